The Labute approximate surface area is 140 Å². The van der Waals surface area contributed by atoms with Crippen LogP contribution in [0.25, 0.3) is 5.70 Å². The van der Waals surface area contributed by atoms with Crippen molar-refractivity contribution in [3.8, 4) is 5.75 Å². The third-order valence-corrected chi connectivity index (χ3v) is 4.08. The van der Waals surface area contributed by atoms with Gasteiger partial charge in [-0.3, -0.25) is 14.5 Å². The van der Waals surface area contributed by atoms with Crippen molar-refractivity contribution in [1.29, 1.82) is 0 Å². The number of hydrogen-bond donors (Lipinski definition) is 1. The first-order valence-corrected chi connectivity index (χ1v) is 7.59. The molecule has 122 valence electrons. The quantitative estimate of drug-likeness (QED) is 0.941. The molecule has 5 heteroatoms. The summed E-state index contributed by atoms with van der Waals surface area (Å²) in [4.78, 5) is 26.6. The minimum atomic E-state index is -0.677. The summed E-state index contributed by atoms with van der Waals surface area (Å²) in [6.45, 7) is 5.66. The highest BCUT2D eigenvalue weighted by Gasteiger charge is 2.36. The van der Waals surface area contributed by atoms with Gasteiger partial charge in [-0.15, -0.1) is 0 Å². The van der Waals surface area contributed by atoms with E-state index in [0.717, 1.165) is 5.56 Å². The van der Waals surface area contributed by atoms with Gasteiger partial charge in [0.2, 0.25) is 5.91 Å². The fourth-order valence-electron chi connectivity index (χ4n) is 2.78. The lowest BCUT2D eigenvalue weighted by Crippen LogP contribution is -2.41. The van der Waals surface area contributed by atoms with Crippen molar-refractivity contribution in [2.45, 2.75) is 13.0 Å². The van der Waals surface area contributed by atoms with Crippen molar-refractivity contribution in [2.24, 2.45) is 0 Å². The van der Waals surface area contributed by atoms with Crippen molar-refractivity contribution >= 4 is 23.2 Å². The summed E-state index contributed by atoms with van der Waals surface area (Å²) in [6, 6.07) is 13.6. The average Bonchev–Trinajstić information content (AvgIpc) is 2.86. The molecule has 0 aliphatic carbocycles. The third-order valence-electron chi connectivity index (χ3n) is 4.08. The van der Waals surface area contributed by atoms with E-state index in [-0.39, 0.29) is 11.8 Å². The summed E-state index contributed by atoms with van der Waals surface area (Å²) in [5.41, 5.74) is 2.50. The standard InChI is InChI=1S/C19H18N2O3/c1-12-16-9-4-5-10-17(16)19(23)21(12)13(2)18(22)20-14-7-6-8-15(11-14)24-3/h4-11,13H,1H2,2-3H3,(H,20,22). The van der Waals surface area contributed by atoms with Crippen LogP contribution in [0.5, 0.6) is 5.75 Å². The van der Waals surface area contributed by atoms with Gasteiger partial charge in [0.05, 0.1) is 7.11 Å². The van der Waals surface area contributed by atoms with E-state index in [0.29, 0.717) is 22.7 Å². The number of amides is 2. The number of carbonyl (C=O) groups excluding carboxylic acids is 2. The normalized spacial score (nSPS) is 14.3. The van der Waals surface area contributed by atoms with Crippen LogP contribution in [0.3, 0.4) is 0 Å². The molecular weight excluding hydrogens is 304 g/mol. The van der Waals surface area contributed by atoms with Crippen LogP contribution in [-0.2, 0) is 4.79 Å². The fraction of sp³-hybridized carbons (Fsp3) is 0.158. The molecule has 0 bridgehead atoms. The Morgan fingerprint density at radius 1 is 1.17 bits per heavy atom. The van der Waals surface area contributed by atoms with Crippen molar-refractivity contribution in [2.75, 3.05) is 12.4 Å². The Morgan fingerprint density at radius 3 is 2.54 bits per heavy atom. The smallest absolute Gasteiger partial charge is 0.259 e. The van der Waals surface area contributed by atoms with E-state index in [9.17, 15) is 9.59 Å². The highest BCUT2D eigenvalue weighted by atomic mass is 16.5. The van der Waals surface area contributed by atoms with Gasteiger partial charge in [-0.05, 0) is 25.1 Å². The van der Waals surface area contributed by atoms with Crippen LogP contribution in [0.2, 0.25) is 0 Å². The average molecular weight is 322 g/mol. The second-order valence-electron chi connectivity index (χ2n) is 5.56. The molecule has 1 aliphatic heterocycles. The Kier molecular flexibility index (Phi) is 4.08. The molecule has 0 saturated heterocycles. The minimum absolute atomic E-state index is 0.205. The largest absolute Gasteiger partial charge is 0.497 e. The first-order chi connectivity index (χ1) is 11.5. The SMILES string of the molecule is C=C1c2ccccc2C(=O)N1C(C)C(=O)Nc1cccc(OC)c1. The van der Waals surface area contributed by atoms with Crippen LogP contribution in [0, 0.1) is 0 Å². The first-order valence-electron chi connectivity index (χ1n) is 7.59. The predicted molar refractivity (Wildman–Crippen MR) is 92.7 cm³/mol. The number of anilines is 1. The van der Waals surface area contributed by atoms with Crippen molar-refractivity contribution < 1.29 is 14.3 Å². The maximum atomic E-state index is 12.6. The maximum absolute atomic E-state index is 12.6. The zero-order valence-electron chi connectivity index (χ0n) is 13.6. The number of ether oxygens (including phenoxy) is 1. The van der Waals surface area contributed by atoms with E-state index in [1.807, 2.05) is 12.1 Å². The van der Waals surface area contributed by atoms with E-state index in [1.54, 1.807) is 50.4 Å². The second kappa shape index (κ2) is 6.20. The number of hydrogen-bond acceptors (Lipinski definition) is 3. The topological polar surface area (TPSA) is 58.6 Å². The summed E-state index contributed by atoms with van der Waals surface area (Å²) in [7, 11) is 1.56. The van der Waals surface area contributed by atoms with Crippen LogP contribution in [0.15, 0.2) is 55.1 Å². The molecule has 5 nitrogen and oxygen atoms in total. The Bertz CT molecular complexity index is 794. The van der Waals surface area contributed by atoms with Gasteiger partial charge < -0.3 is 10.1 Å². The lowest BCUT2D eigenvalue weighted by Gasteiger charge is -2.24. The zero-order valence-corrected chi connectivity index (χ0v) is 13.6. The number of nitrogens with one attached hydrogen (secondary N) is 1. The van der Waals surface area contributed by atoms with Crippen LogP contribution < -0.4 is 10.1 Å². The highest BCUT2D eigenvalue weighted by molar-refractivity contribution is 6.11. The molecule has 0 saturated carbocycles. The van der Waals surface area contributed by atoms with E-state index >= 15 is 0 Å². The third kappa shape index (κ3) is 2.65. The Balaban J connectivity index is 1.79. The summed E-state index contributed by atoms with van der Waals surface area (Å²) >= 11 is 0. The fourth-order valence-corrected chi connectivity index (χ4v) is 2.78. The number of methoxy groups -OCH3 is 1. The molecule has 0 fully saturated rings. The molecule has 1 heterocycles. The second-order valence-corrected chi connectivity index (χ2v) is 5.56. The molecule has 0 spiro atoms. The lowest BCUT2D eigenvalue weighted by molar-refractivity contribution is -0.119. The van der Waals surface area contributed by atoms with Crippen LogP contribution in [-0.4, -0.2) is 29.9 Å². The van der Waals surface area contributed by atoms with Gasteiger partial charge in [-0.2, -0.15) is 0 Å². The molecule has 2 aromatic rings. The number of rotatable bonds is 4. The zero-order chi connectivity index (χ0) is 17.3. The number of carbonyl (C=O) groups is 2. The summed E-state index contributed by atoms with van der Waals surface area (Å²) in [5, 5.41) is 2.81. The molecular formula is C19H18N2O3. The molecule has 2 aromatic carbocycles. The molecule has 0 radical (unpaired) electrons. The first kappa shape index (κ1) is 15.8. The molecule has 0 aromatic heterocycles. The van der Waals surface area contributed by atoms with Gasteiger partial charge in [0.15, 0.2) is 0 Å². The molecule has 1 atom stereocenters. The molecule has 1 aliphatic rings. The van der Waals surface area contributed by atoms with E-state index in [2.05, 4.69) is 11.9 Å². The molecule has 1 N–H and O–H groups in total. The molecule has 3 rings (SSSR count). The van der Waals surface area contributed by atoms with E-state index in [1.165, 1.54) is 4.90 Å². The molecule has 1 unspecified atom stereocenters. The van der Waals surface area contributed by atoms with Crippen molar-refractivity contribution in [3.63, 3.8) is 0 Å². The van der Waals surface area contributed by atoms with Crippen LogP contribution in [0.4, 0.5) is 5.69 Å². The predicted octanol–water partition coefficient (Wildman–Crippen LogP) is 3.15. The number of benzene rings is 2. The maximum Gasteiger partial charge on any atom is 0.259 e. The van der Waals surface area contributed by atoms with Gasteiger partial charge in [-0.25, -0.2) is 0 Å². The summed E-state index contributed by atoms with van der Waals surface area (Å²) in [6.07, 6.45) is 0. The summed E-state index contributed by atoms with van der Waals surface area (Å²) < 4.78 is 5.14. The number of nitrogens with zero attached hydrogens (tertiary/aromatic N) is 1. The Morgan fingerprint density at radius 2 is 1.88 bits per heavy atom. The number of fused-ring (bicyclic) bond motifs is 1. The summed E-state index contributed by atoms with van der Waals surface area (Å²) in [5.74, 6) is 0.156. The van der Waals surface area contributed by atoms with Crippen LogP contribution in [0.1, 0.15) is 22.8 Å². The van der Waals surface area contributed by atoms with Crippen molar-refractivity contribution in [1.82, 2.24) is 4.90 Å². The monoisotopic (exact) mass is 322 g/mol. The van der Waals surface area contributed by atoms with Gasteiger partial charge in [0.25, 0.3) is 5.91 Å². The van der Waals surface area contributed by atoms with E-state index < -0.39 is 6.04 Å². The van der Waals surface area contributed by atoms with Gasteiger partial charge >= 0.3 is 0 Å². The van der Waals surface area contributed by atoms with Gasteiger partial charge in [0, 0.05) is 28.6 Å². The van der Waals surface area contributed by atoms with Gasteiger partial charge in [-0.1, -0.05) is 30.8 Å². The van der Waals surface area contributed by atoms with Crippen molar-refractivity contribution in [3.05, 3.63) is 66.2 Å². The molecule has 2 amide bonds. The van der Waals surface area contributed by atoms with Gasteiger partial charge in [0.1, 0.15) is 11.8 Å². The Hall–Kier alpha value is -3.08. The minimum Gasteiger partial charge on any atom is -0.497 e. The molecule has 24 heavy (non-hydrogen) atoms. The van der Waals surface area contributed by atoms with Crippen LogP contribution >= 0.6 is 0 Å². The highest BCUT2D eigenvalue weighted by Crippen LogP contribution is 2.33. The lowest BCUT2D eigenvalue weighted by atomic mass is 10.1. The van der Waals surface area contributed by atoms with E-state index in [4.69, 9.17) is 4.74 Å².